The van der Waals surface area contributed by atoms with Crippen molar-refractivity contribution in [3.8, 4) is 5.75 Å². The van der Waals surface area contributed by atoms with Gasteiger partial charge in [0.2, 0.25) is 10.0 Å². The number of fused-ring (bicyclic) bond motifs is 1. The quantitative estimate of drug-likeness (QED) is 0.263. The molecule has 1 aliphatic heterocycles. The van der Waals surface area contributed by atoms with Gasteiger partial charge in [-0.1, -0.05) is 54.8 Å². The maximum Gasteiger partial charge on any atom is 0.255 e. The molecule has 0 unspecified atom stereocenters. The van der Waals surface area contributed by atoms with Crippen molar-refractivity contribution in [2.75, 3.05) is 6.26 Å². The summed E-state index contributed by atoms with van der Waals surface area (Å²) in [6, 6.07) is 14.8. The van der Waals surface area contributed by atoms with Crippen LogP contribution in [0.2, 0.25) is 5.02 Å². The maximum absolute atomic E-state index is 14.2. The lowest BCUT2D eigenvalue weighted by atomic mass is 9.76. The van der Waals surface area contributed by atoms with Gasteiger partial charge in [-0.3, -0.25) is 14.4 Å². The number of sulfonamides is 1. The Hall–Kier alpha value is -3.55. The number of pyridine rings is 1. The molecule has 2 amide bonds. The average molecular weight is 629 g/mol. The fourth-order valence-electron chi connectivity index (χ4n) is 6.05. The van der Waals surface area contributed by atoms with Gasteiger partial charge in [0, 0.05) is 22.7 Å². The van der Waals surface area contributed by atoms with Crippen molar-refractivity contribution in [3.63, 3.8) is 0 Å². The SMILES string of the molecule is CS(=O)(=O)N[C@H]1CCCC[C@@H]1N1C(=O)c2ccccc2[C@@H](C(=O)NOCc2ccc(O)c(CO)n2)[C@@H]1c1ccc(Cl)cc1. The second-order valence-electron chi connectivity index (χ2n) is 10.8. The second-order valence-corrected chi connectivity index (χ2v) is 13.0. The van der Waals surface area contributed by atoms with E-state index in [1.807, 2.05) is 0 Å². The Kier molecular flexibility index (Phi) is 9.33. The molecule has 2 heterocycles. The Morgan fingerprint density at radius 2 is 1.81 bits per heavy atom. The van der Waals surface area contributed by atoms with E-state index in [2.05, 4.69) is 15.2 Å². The van der Waals surface area contributed by atoms with Gasteiger partial charge in [0.1, 0.15) is 18.1 Å². The number of hydroxylamine groups is 1. The Morgan fingerprint density at radius 1 is 1.09 bits per heavy atom. The zero-order valence-electron chi connectivity index (χ0n) is 23.4. The van der Waals surface area contributed by atoms with Gasteiger partial charge in [0.05, 0.1) is 30.5 Å². The van der Waals surface area contributed by atoms with Gasteiger partial charge in [-0.15, -0.1) is 0 Å². The maximum atomic E-state index is 14.2. The Balaban J connectivity index is 1.53. The summed E-state index contributed by atoms with van der Waals surface area (Å²) in [5, 5.41) is 19.7. The van der Waals surface area contributed by atoms with E-state index >= 15 is 0 Å². The largest absolute Gasteiger partial charge is 0.506 e. The summed E-state index contributed by atoms with van der Waals surface area (Å²) in [5.74, 6) is -1.89. The van der Waals surface area contributed by atoms with Crippen LogP contribution >= 0.6 is 11.6 Å². The summed E-state index contributed by atoms with van der Waals surface area (Å²) in [6.45, 7) is -0.613. The van der Waals surface area contributed by atoms with E-state index in [0.717, 1.165) is 19.1 Å². The molecule has 4 atom stereocenters. The van der Waals surface area contributed by atoms with Crippen LogP contribution in [0.5, 0.6) is 5.75 Å². The first-order chi connectivity index (χ1) is 20.6. The zero-order chi connectivity index (χ0) is 30.7. The highest BCUT2D eigenvalue weighted by Gasteiger charge is 2.49. The van der Waals surface area contributed by atoms with Crippen molar-refractivity contribution in [1.82, 2.24) is 20.1 Å². The van der Waals surface area contributed by atoms with Crippen LogP contribution in [0, 0.1) is 0 Å². The minimum Gasteiger partial charge on any atom is -0.506 e. The number of carbonyl (C=O) groups excluding carboxylic acids is 2. The zero-order valence-corrected chi connectivity index (χ0v) is 25.0. The van der Waals surface area contributed by atoms with Crippen molar-refractivity contribution in [3.05, 3.63) is 93.8 Å². The Bertz CT molecular complexity index is 1600. The number of aromatic nitrogens is 1. The summed E-state index contributed by atoms with van der Waals surface area (Å²) >= 11 is 6.20. The van der Waals surface area contributed by atoms with Crippen LogP contribution in [-0.4, -0.2) is 58.7 Å². The fraction of sp³-hybridized carbons (Fsp3) is 0.367. The van der Waals surface area contributed by atoms with E-state index in [1.54, 1.807) is 53.4 Å². The van der Waals surface area contributed by atoms with Crippen molar-refractivity contribution in [2.24, 2.45) is 0 Å². The van der Waals surface area contributed by atoms with E-state index in [4.69, 9.17) is 16.4 Å². The third kappa shape index (κ3) is 6.84. The topological polar surface area (TPSA) is 158 Å². The number of amides is 2. The summed E-state index contributed by atoms with van der Waals surface area (Å²) < 4.78 is 27.4. The van der Waals surface area contributed by atoms with Gasteiger partial charge in [-0.05, 0) is 54.3 Å². The Labute approximate surface area is 254 Å². The molecule has 0 bridgehead atoms. The molecule has 3 aromatic rings. The van der Waals surface area contributed by atoms with Crippen LogP contribution in [0.25, 0.3) is 0 Å². The number of aliphatic hydroxyl groups excluding tert-OH is 1. The number of aliphatic hydroxyl groups is 1. The van der Waals surface area contributed by atoms with Crippen molar-refractivity contribution >= 4 is 33.4 Å². The molecular weight excluding hydrogens is 596 g/mol. The van der Waals surface area contributed by atoms with Crippen LogP contribution in [0.15, 0.2) is 60.7 Å². The predicted octanol–water partition coefficient (Wildman–Crippen LogP) is 3.32. The lowest BCUT2D eigenvalue weighted by molar-refractivity contribution is -0.138. The van der Waals surface area contributed by atoms with Crippen LogP contribution < -0.4 is 10.2 Å². The number of rotatable bonds is 9. The minimum atomic E-state index is -3.58. The van der Waals surface area contributed by atoms with E-state index in [-0.39, 0.29) is 24.0 Å². The smallest absolute Gasteiger partial charge is 0.255 e. The number of aromatic hydroxyl groups is 1. The molecular formula is C30H33ClN4O7S. The summed E-state index contributed by atoms with van der Waals surface area (Å²) in [7, 11) is -3.58. The highest BCUT2D eigenvalue weighted by atomic mass is 35.5. The van der Waals surface area contributed by atoms with Gasteiger partial charge < -0.3 is 15.1 Å². The van der Waals surface area contributed by atoms with Crippen LogP contribution in [0.3, 0.4) is 0 Å². The van der Waals surface area contributed by atoms with Crippen LogP contribution in [0.1, 0.15) is 70.5 Å². The molecule has 1 aromatic heterocycles. The number of nitrogens with one attached hydrogen (secondary N) is 2. The lowest BCUT2D eigenvalue weighted by Gasteiger charge is -2.49. The molecule has 228 valence electrons. The van der Waals surface area contributed by atoms with Gasteiger partial charge >= 0.3 is 0 Å². The van der Waals surface area contributed by atoms with Crippen molar-refractivity contribution in [1.29, 1.82) is 0 Å². The van der Waals surface area contributed by atoms with E-state index in [1.165, 1.54) is 12.1 Å². The molecule has 1 saturated carbocycles. The number of nitrogens with zero attached hydrogens (tertiary/aromatic N) is 2. The number of hydrogen-bond acceptors (Lipinski definition) is 8. The third-order valence-electron chi connectivity index (χ3n) is 7.87. The molecule has 4 N–H and O–H groups in total. The summed E-state index contributed by atoms with van der Waals surface area (Å²) in [5.41, 5.74) is 4.48. The molecule has 2 aliphatic rings. The van der Waals surface area contributed by atoms with Crippen molar-refractivity contribution < 1.29 is 33.1 Å². The first-order valence-electron chi connectivity index (χ1n) is 13.9. The van der Waals surface area contributed by atoms with E-state index < -0.39 is 46.6 Å². The molecule has 43 heavy (non-hydrogen) atoms. The average Bonchev–Trinajstić information content (AvgIpc) is 2.98. The minimum absolute atomic E-state index is 0.0790. The van der Waals surface area contributed by atoms with Crippen LogP contribution in [-0.2, 0) is 32.9 Å². The molecule has 1 aliphatic carbocycles. The van der Waals surface area contributed by atoms with Gasteiger partial charge in [-0.2, -0.15) is 0 Å². The number of hydrogen-bond donors (Lipinski definition) is 4. The fourth-order valence-corrected chi connectivity index (χ4v) is 7.00. The number of halogens is 1. The molecule has 0 radical (unpaired) electrons. The predicted molar refractivity (Wildman–Crippen MR) is 158 cm³/mol. The number of carbonyl (C=O) groups is 2. The van der Waals surface area contributed by atoms with Gasteiger partial charge in [0.15, 0.2) is 0 Å². The van der Waals surface area contributed by atoms with Crippen molar-refractivity contribution in [2.45, 2.75) is 62.9 Å². The molecule has 0 spiro atoms. The van der Waals surface area contributed by atoms with Gasteiger partial charge in [-0.25, -0.2) is 23.6 Å². The molecule has 2 aromatic carbocycles. The highest BCUT2D eigenvalue weighted by Crippen LogP contribution is 2.46. The first kappa shape index (κ1) is 30.9. The number of benzene rings is 2. The monoisotopic (exact) mass is 628 g/mol. The van der Waals surface area contributed by atoms with Gasteiger partial charge in [0.25, 0.3) is 11.8 Å². The van der Waals surface area contributed by atoms with Crippen LogP contribution in [0.4, 0.5) is 0 Å². The Morgan fingerprint density at radius 3 is 2.53 bits per heavy atom. The standard InChI is InChI=1S/C30H33ClN4O7S/c1-43(40,41)34-23-8-4-5-9-25(23)35-28(18-10-12-19(31)13-11-18)27(21-6-2-3-7-22(21)30(35)39)29(38)33-42-17-20-14-15-26(37)24(16-36)32-20/h2-3,6-7,10-15,23,25,27-28,34,36-37H,4-5,8-9,16-17H2,1H3,(H,33,38)/t23-,25-,27+,28-/m0/s1. The molecule has 1 fully saturated rings. The molecule has 5 rings (SSSR count). The summed E-state index contributed by atoms with van der Waals surface area (Å²) in [6.07, 6.45) is 3.79. The molecule has 13 heteroatoms. The molecule has 0 saturated heterocycles. The van der Waals surface area contributed by atoms with E-state index in [0.29, 0.717) is 40.2 Å². The normalized spacial score (nSPS) is 22.2. The highest BCUT2D eigenvalue weighted by molar-refractivity contribution is 7.88. The molecule has 11 nitrogen and oxygen atoms in total. The third-order valence-corrected chi connectivity index (χ3v) is 8.86. The second kappa shape index (κ2) is 13.0. The van der Waals surface area contributed by atoms with E-state index in [9.17, 15) is 28.2 Å². The first-order valence-corrected chi connectivity index (χ1v) is 16.2. The summed E-state index contributed by atoms with van der Waals surface area (Å²) in [4.78, 5) is 39.6. The lowest BCUT2D eigenvalue weighted by Crippen LogP contribution is -2.59.